The van der Waals surface area contributed by atoms with Crippen LogP contribution in [0.1, 0.15) is 36.8 Å². The van der Waals surface area contributed by atoms with E-state index in [-0.39, 0.29) is 12.0 Å². The van der Waals surface area contributed by atoms with Crippen LogP contribution in [-0.4, -0.2) is 45.9 Å². The molecule has 1 saturated heterocycles. The summed E-state index contributed by atoms with van der Waals surface area (Å²) in [6.07, 6.45) is 2.35. The highest BCUT2D eigenvalue weighted by Crippen LogP contribution is 2.36. The molecule has 0 unspecified atom stereocenters. The molecule has 0 spiro atoms. The zero-order valence-corrected chi connectivity index (χ0v) is 12.6. The van der Waals surface area contributed by atoms with Crippen LogP contribution in [0.2, 0.25) is 0 Å². The summed E-state index contributed by atoms with van der Waals surface area (Å²) in [5, 5.41) is 20.0. The van der Waals surface area contributed by atoms with Gasteiger partial charge in [0.15, 0.2) is 0 Å². The summed E-state index contributed by atoms with van der Waals surface area (Å²) < 4.78 is 0. The molecule has 1 aliphatic rings. The molecule has 0 radical (unpaired) electrons. The third-order valence-corrected chi connectivity index (χ3v) is 5.26. The summed E-state index contributed by atoms with van der Waals surface area (Å²) in [5.74, 6) is 0. The predicted molar refractivity (Wildman–Crippen MR) is 77.2 cm³/mol. The maximum atomic E-state index is 10.4. The first-order valence-corrected chi connectivity index (χ1v) is 7.89. The van der Waals surface area contributed by atoms with Crippen molar-refractivity contribution in [2.24, 2.45) is 5.41 Å². The third kappa shape index (κ3) is 3.16. The van der Waals surface area contributed by atoms with Crippen molar-refractivity contribution in [2.75, 3.05) is 19.7 Å². The van der Waals surface area contributed by atoms with Crippen LogP contribution in [0.4, 0.5) is 0 Å². The molecule has 1 fully saturated rings. The van der Waals surface area contributed by atoms with Crippen molar-refractivity contribution in [3.05, 3.63) is 16.1 Å². The quantitative estimate of drug-likeness (QED) is 0.865. The molecule has 0 saturated carbocycles. The molecule has 2 N–H and O–H groups in total. The van der Waals surface area contributed by atoms with Crippen LogP contribution in [0, 0.1) is 12.3 Å². The van der Waals surface area contributed by atoms with Gasteiger partial charge in [-0.2, -0.15) is 0 Å². The molecular weight excluding hydrogens is 260 g/mol. The summed E-state index contributed by atoms with van der Waals surface area (Å²) in [7, 11) is 0. The fourth-order valence-corrected chi connectivity index (χ4v) is 3.77. The molecule has 1 aromatic rings. The monoisotopic (exact) mass is 284 g/mol. The molecular formula is C14H24N2O2S. The Kier molecular flexibility index (Phi) is 4.95. The molecule has 0 aromatic carbocycles. The van der Waals surface area contributed by atoms with Gasteiger partial charge in [0.25, 0.3) is 0 Å². The van der Waals surface area contributed by atoms with E-state index in [9.17, 15) is 10.2 Å². The summed E-state index contributed by atoms with van der Waals surface area (Å²) in [6.45, 7) is 6.68. The number of aliphatic hydroxyl groups is 2. The van der Waals surface area contributed by atoms with Crippen molar-refractivity contribution >= 4 is 11.3 Å². The average molecular weight is 284 g/mol. The van der Waals surface area contributed by atoms with Gasteiger partial charge in [0.05, 0.1) is 23.9 Å². The summed E-state index contributed by atoms with van der Waals surface area (Å²) >= 11 is 1.68. The van der Waals surface area contributed by atoms with Crippen molar-refractivity contribution in [3.63, 3.8) is 0 Å². The van der Waals surface area contributed by atoms with E-state index >= 15 is 0 Å². The van der Waals surface area contributed by atoms with Gasteiger partial charge in [-0.25, -0.2) is 4.98 Å². The highest BCUT2D eigenvalue weighted by atomic mass is 32.1. The molecule has 1 aromatic heterocycles. The van der Waals surface area contributed by atoms with Gasteiger partial charge in [0.2, 0.25) is 0 Å². The van der Waals surface area contributed by atoms with Crippen LogP contribution in [0.3, 0.4) is 0 Å². The van der Waals surface area contributed by atoms with E-state index in [4.69, 9.17) is 0 Å². The highest BCUT2D eigenvalue weighted by Gasteiger charge is 2.41. The van der Waals surface area contributed by atoms with Gasteiger partial charge in [0.1, 0.15) is 0 Å². The first kappa shape index (κ1) is 14.9. The lowest BCUT2D eigenvalue weighted by Crippen LogP contribution is -2.52. The molecule has 2 rings (SSSR count). The minimum atomic E-state index is -0.431. The SMILES string of the molecule is CCC[C@]1(CO)CCN(Cc2scnc2C)C[C@H]1O. The van der Waals surface area contributed by atoms with Crippen LogP contribution in [0.5, 0.6) is 0 Å². The van der Waals surface area contributed by atoms with Crippen LogP contribution in [0.15, 0.2) is 5.51 Å². The van der Waals surface area contributed by atoms with E-state index in [0.717, 1.165) is 38.0 Å². The van der Waals surface area contributed by atoms with Crippen molar-refractivity contribution in [2.45, 2.75) is 45.8 Å². The number of piperidine rings is 1. The fourth-order valence-electron chi connectivity index (χ4n) is 2.95. The summed E-state index contributed by atoms with van der Waals surface area (Å²) in [6, 6.07) is 0. The van der Waals surface area contributed by atoms with E-state index < -0.39 is 6.10 Å². The van der Waals surface area contributed by atoms with Crippen LogP contribution >= 0.6 is 11.3 Å². The fraction of sp³-hybridized carbons (Fsp3) is 0.786. The Balaban J connectivity index is 1.98. The Morgan fingerprint density at radius 1 is 1.58 bits per heavy atom. The largest absolute Gasteiger partial charge is 0.396 e. The van der Waals surface area contributed by atoms with Gasteiger partial charge in [-0.1, -0.05) is 13.3 Å². The number of rotatable bonds is 5. The van der Waals surface area contributed by atoms with E-state index in [0.29, 0.717) is 6.54 Å². The topological polar surface area (TPSA) is 56.6 Å². The number of β-amino-alcohol motifs (C(OH)–C–C–N with tert-alkyl or cyclic N) is 1. The third-order valence-electron chi connectivity index (χ3n) is 4.34. The van der Waals surface area contributed by atoms with Gasteiger partial charge in [-0.3, -0.25) is 4.90 Å². The molecule has 2 atom stereocenters. The molecule has 0 aliphatic carbocycles. The van der Waals surface area contributed by atoms with E-state index in [1.54, 1.807) is 11.3 Å². The lowest BCUT2D eigenvalue weighted by atomic mass is 9.73. The molecule has 5 heteroatoms. The Morgan fingerprint density at radius 3 is 2.89 bits per heavy atom. The van der Waals surface area contributed by atoms with Crippen LogP contribution < -0.4 is 0 Å². The molecule has 0 amide bonds. The zero-order valence-electron chi connectivity index (χ0n) is 11.8. The van der Waals surface area contributed by atoms with Gasteiger partial charge >= 0.3 is 0 Å². The van der Waals surface area contributed by atoms with Crippen molar-refractivity contribution in [1.82, 2.24) is 9.88 Å². The van der Waals surface area contributed by atoms with Gasteiger partial charge < -0.3 is 10.2 Å². The number of aliphatic hydroxyl groups excluding tert-OH is 2. The second kappa shape index (κ2) is 6.31. The minimum Gasteiger partial charge on any atom is -0.396 e. The molecule has 0 bridgehead atoms. The molecule has 19 heavy (non-hydrogen) atoms. The summed E-state index contributed by atoms with van der Waals surface area (Å²) in [5.41, 5.74) is 2.68. The Morgan fingerprint density at radius 2 is 2.37 bits per heavy atom. The Labute approximate surface area is 119 Å². The lowest BCUT2D eigenvalue weighted by Gasteiger charge is -2.44. The molecule has 108 valence electrons. The lowest BCUT2D eigenvalue weighted by molar-refractivity contribution is -0.0801. The summed E-state index contributed by atoms with van der Waals surface area (Å²) in [4.78, 5) is 7.81. The number of aromatic nitrogens is 1. The highest BCUT2D eigenvalue weighted by molar-refractivity contribution is 7.09. The minimum absolute atomic E-state index is 0.0927. The molecule has 1 aliphatic heterocycles. The van der Waals surface area contributed by atoms with Crippen LogP contribution in [-0.2, 0) is 6.54 Å². The van der Waals surface area contributed by atoms with E-state index in [1.807, 2.05) is 12.4 Å². The van der Waals surface area contributed by atoms with Gasteiger partial charge in [-0.15, -0.1) is 11.3 Å². The molecule has 4 nitrogen and oxygen atoms in total. The predicted octanol–water partition coefficient (Wildman–Crippen LogP) is 1.80. The first-order valence-electron chi connectivity index (χ1n) is 7.01. The normalized spacial score (nSPS) is 28.7. The number of nitrogens with zero attached hydrogens (tertiary/aromatic N) is 2. The Bertz CT molecular complexity index is 410. The number of hydrogen-bond acceptors (Lipinski definition) is 5. The molecule has 2 heterocycles. The second-order valence-corrected chi connectivity index (χ2v) is 6.57. The Hall–Kier alpha value is -0.490. The van der Waals surface area contributed by atoms with E-state index in [2.05, 4.69) is 16.8 Å². The van der Waals surface area contributed by atoms with Gasteiger partial charge in [0, 0.05) is 23.4 Å². The van der Waals surface area contributed by atoms with Gasteiger partial charge in [-0.05, 0) is 26.3 Å². The number of aryl methyl sites for hydroxylation is 1. The van der Waals surface area contributed by atoms with E-state index in [1.165, 1.54) is 4.88 Å². The zero-order chi connectivity index (χ0) is 13.9. The number of likely N-dealkylation sites (tertiary alicyclic amines) is 1. The maximum Gasteiger partial charge on any atom is 0.0798 e. The maximum absolute atomic E-state index is 10.4. The number of thiazole rings is 1. The standard InChI is InChI=1S/C14H24N2O2S/c1-3-4-14(9-17)5-6-16(8-13(14)18)7-12-11(2)15-10-19-12/h10,13,17-18H,3-9H2,1-2H3/t13-,14-/m1/s1. The smallest absolute Gasteiger partial charge is 0.0798 e. The van der Waals surface area contributed by atoms with Crippen molar-refractivity contribution in [3.8, 4) is 0 Å². The van der Waals surface area contributed by atoms with Crippen molar-refractivity contribution < 1.29 is 10.2 Å². The first-order chi connectivity index (χ1) is 9.11. The van der Waals surface area contributed by atoms with Crippen LogP contribution in [0.25, 0.3) is 0 Å². The number of hydrogen-bond donors (Lipinski definition) is 2. The van der Waals surface area contributed by atoms with Crippen molar-refractivity contribution in [1.29, 1.82) is 0 Å². The average Bonchev–Trinajstić information content (AvgIpc) is 2.79. The second-order valence-electron chi connectivity index (χ2n) is 5.63.